The molecule has 1 heterocycles. The summed E-state index contributed by atoms with van der Waals surface area (Å²) in [6.07, 6.45) is 4.58. The van der Waals surface area contributed by atoms with E-state index in [1.54, 1.807) is 6.20 Å². The zero-order valence-corrected chi connectivity index (χ0v) is 4.96. The summed E-state index contributed by atoms with van der Waals surface area (Å²) >= 11 is 0. The molecule has 8 heavy (non-hydrogen) atoms. The van der Waals surface area contributed by atoms with Crippen molar-refractivity contribution in [2.24, 2.45) is 16.6 Å². The Morgan fingerprint density at radius 2 is 2.62 bits per heavy atom. The third kappa shape index (κ3) is 1.09. The molecule has 0 saturated carbocycles. The van der Waals surface area contributed by atoms with Crippen LogP contribution in [0.4, 0.5) is 0 Å². The lowest BCUT2D eigenvalue weighted by molar-refractivity contribution is 0.751. The van der Waals surface area contributed by atoms with Crippen molar-refractivity contribution in [3.8, 4) is 0 Å². The number of nitrogens with zero attached hydrogens (tertiary/aromatic N) is 1. The topological polar surface area (TPSA) is 38.4 Å². The molecular formula is C6H10N2. The van der Waals surface area contributed by atoms with Crippen molar-refractivity contribution in [3.63, 3.8) is 0 Å². The van der Waals surface area contributed by atoms with E-state index in [1.165, 1.54) is 0 Å². The number of hydrogen-bond donors (Lipinski definition) is 1. The van der Waals surface area contributed by atoms with Gasteiger partial charge in [-0.1, -0.05) is 6.92 Å². The van der Waals surface area contributed by atoms with E-state index in [0.29, 0.717) is 5.92 Å². The van der Waals surface area contributed by atoms with Gasteiger partial charge in [-0.3, -0.25) is 4.99 Å². The van der Waals surface area contributed by atoms with Gasteiger partial charge in [-0.2, -0.15) is 0 Å². The molecule has 0 aromatic heterocycles. The second-order valence-electron chi connectivity index (χ2n) is 2.18. The first kappa shape index (κ1) is 5.35. The summed E-state index contributed by atoms with van der Waals surface area (Å²) in [5.41, 5.74) is 6.36. The van der Waals surface area contributed by atoms with Gasteiger partial charge in [0.2, 0.25) is 0 Å². The fourth-order valence-corrected chi connectivity index (χ4v) is 0.763. The Hall–Kier alpha value is -0.790. The lowest BCUT2D eigenvalue weighted by Crippen LogP contribution is -2.07. The van der Waals surface area contributed by atoms with Crippen LogP contribution in [-0.2, 0) is 0 Å². The minimum absolute atomic E-state index is 0.528. The van der Waals surface area contributed by atoms with Crippen LogP contribution in [0.2, 0.25) is 0 Å². The second-order valence-corrected chi connectivity index (χ2v) is 2.18. The van der Waals surface area contributed by atoms with E-state index in [0.717, 1.165) is 12.1 Å². The average Bonchev–Trinajstić information content (AvgIpc) is 1.64. The molecule has 0 aromatic carbocycles. The third-order valence-electron chi connectivity index (χ3n) is 1.14. The molecule has 2 N–H and O–H groups in total. The summed E-state index contributed by atoms with van der Waals surface area (Å²) < 4.78 is 0. The predicted octanol–water partition coefficient (Wildman–Crippen LogP) is 0.897. The molecule has 1 atom stereocenters. The maximum Gasteiger partial charge on any atom is 0.0451 e. The van der Waals surface area contributed by atoms with E-state index in [2.05, 4.69) is 11.9 Å². The van der Waals surface area contributed by atoms with Crippen molar-refractivity contribution in [3.05, 3.63) is 11.9 Å². The Balaban J connectivity index is 2.59. The zero-order chi connectivity index (χ0) is 5.98. The van der Waals surface area contributed by atoms with E-state index < -0.39 is 0 Å². The van der Waals surface area contributed by atoms with Gasteiger partial charge < -0.3 is 5.73 Å². The molecule has 0 spiro atoms. The normalized spacial score (nSPS) is 27.6. The number of aliphatic imine (C=N–C) groups is 1. The highest BCUT2D eigenvalue weighted by Crippen LogP contribution is 2.08. The maximum atomic E-state index is 5.47. The minimum atomic E-state index is 0.528. The van der Waals surface area contributed by atoms with E-state index in [-0.39, 0.29) is 0 Å². The standard InChI is InChI=1S/C6H10N2/c1-5-2-6(7)4-8-3-5/h3-5H,2,7H2,1H3/t5-/m0/s1. The highest BCUT2D eigenvalue weighted by atomic mass is 14.7. The van der Waals surface area contributed by atoms with E-state index >= 15 is 0 Å². The Morgan fingerprint density at radius 3 is 3.00 bits per heavy atom. The summed E-state index contributed by atoms with van der Waals surface area (Å²) in [5.74, 6) is 0.528. The molecule has 44 valence electrons. The third-order valence-corrected chi connectivity index (χ3v) is 1.14. The summed E-state index contributed by atoms with van der Waals surface area (Å²) in [4.78, 5) is 3.93. The van der Waals surface area contributed by atoms with Gasteiger partial charge in [0.05, 0.1) is 0 Å². The summed E-state index contributed by atoms with van der Waals surface area (Å²) in [6.45, 7) is 2.10. The monoisotopic (exact) mass is 110 g/mol. The summed E-state index contributed by atoms with van der Waals surface area (Å²) in [5, 5.41) is 0. The first-order chi connectivity index (χ1) is 3.79. The van der Waals surface area contributed by atoms with Gasteiger partial charge in [-0.15, -0.1) is 0 Å². The fraction of sp³-hybridized carbons (Fsp3) is 0.500. The molecule has 1 rings (SSSR count). The lowest BCUT2D eigenvalue weighted by atomic mass is 10.1. The maximum absolute atomic E-state index is 5.47. The van der Waals surface area contributed by atoms with Crippen molar-refractivity contribution in [2.75, 3.05) is 0 Å². The Morgan fingerprint density at radius 1 is 1.88 bits per heavy atom. The van der Waals surface area contributed by atoms with Gasteiger partial charge >= 0.3 is 0 Å². The van der Waals surface area contributed by atoms with Crippen LogP contribution in [0.15, 0.2) is 16.9 Å². The molecule has 0 fully saturated rings. The van der Waals surface area contributed by atoms with E-state index in [4.69, 9.17) is 5.73 Å². The predicted molar refractivity (Wildman–Crippen MR) is 34.5 cm³/mol. The summed E-state index contributed by atoms with van der Waals surface area (Å²) in [6, 6.07) is 0. The van der Waals surface area contributed by atoms with Crippen LogP contribution in [0.5, 0.6) is 0 Å². The van der Waals surface area contributed by atoms with Crippen LogP contribution < -0.4 is 5.73 Å². The SMILES string of the molecule is C[C@@H]1C=NC=C(N)C1. The minimum Gasteiger partial charge on any atom is -0.401 e. The van der Waals surface area contributed by atoms with Crippen LogP contribution in [-0.4, -0.2) is 6.21 Å². The molecule has 1 aliphatic rings. The molecule has 0 aliphatic carbocycles. The largest absolute Gasteiger partial charge is 0.401 e. The molecule has 0 saturated heterocycles. The Bertz CT molecular complexity index is 135. The zero-order valence-electron chi connectivity index (χ0n) is 4.96. The molecule has 2 heteroatoms. The van der Waals surface area contributed by atoms with Gasteiger partial charge in [0.15, 0.2) is 0 Å². The highest BCUT2D eigenvalue weighted by Gasteiger charge is 2.02. The first-order valence-corrected chi connectivity index (χ1v) is 2.77. The molecule has 0 amide bonds. The van der Waals surface area contributed by atoms with Gasteiger partial charge in [0, 0.05) is 18.1 Å². The highest BCUT2D eigenvalue weighted by molar-refractivity contribution is 5.62. The van der Waals surface area contributed by atoms with Crippen molar-refractivity contribution >= 4 is 6.21 Å². The second kappa shape index (κ2) is 1.99. The van der Waals surface area contributed by atoms with Crippen LogP contribution in [0.25, 0.3) is 0 Å². The molecule has 0 aromatic rings. The number of rotatable bonds is 0. The lowest BCUT2D eigenvalue weighted by Gasteiger charge is -2.07. The van der Waals surface area contributed by atoms with Crippen molar-refractivity contribution in [1.29, 1.82) is 0 Å². The first-order valence-electron chi connectivity index (χ1n) is 2.77. The molecular weight excluding hydrogens is 100 g/mol. The van der Waals surface area contributed by atoms with Crippen molar-refractivity contribution < 1.29 is 0 Å². The molecule has 0 bridgehead atoms. The van der Waals surface area contributed by atoms with Crippen LogP contribution in [0.1, 0.15) is 13.3 Å². The average molecular weight is 110 g/mol. The number of nitrogens with two attached hydrogens (primary N) is 1. The van der Waals surface area contributed by atoms with Gasteiger partial charge in [-0.05, 0) is 12.3 Å². The van der Waals surface area contributed by atoms with Gasteiger partial charge in [0.1, 0.15) is 0 Å². The fourth-order valence-electron chi connectivity index (χ4n) is 0.763. The quantitative estimate of drug-likeness (QED) is 0.494. The molecule has 0 radical (unpaired) electrons. The van der Waals surface area contributed by atoms with Crippen molar-refractivity contribution in [2.45, 2.75) is 13.3 Å². The Labute approximate surface area is 49.1 Å². The summed E-state index contributed by atoms with van der Waals surface area (Å²) in [7, 11) is 0. The van der Waals surface area contributed by atoms with E-state index in [9.17, 15) is 0 Å². The van der Waals surface area contributed by atoms with Crippen molar-refractivity contribution in [1.82, 2.24) is 0 Å². The molecule has 0 unspecified atom stereocenters. The van der Waals surface area contributed by atoms with Crippen LogP contribution in [0, 0.1) is 5.92 Å². The number of allylic oxidation sites excluding steroid dienone is 1. The smallest absolute Gasteiger partial charge is 0.0451 e. The van der Waals surface area contributed by atoms with Gasteiger partial charge in [0.25, 0.3) is 0 Å². The van der Waals surface area contributed by atoms with Gasteiger partial charge in [-0.25, -0.2) is 0 Å². The number of hydrogen-bond acceptors (Lipinski definition) is 2. The molecule has 2 nitrogen and oxygen atoms in total. The Kier molecular flexibility index (Phi) is 1.33. The van der Waals surface area contributed by atoms with Crippen LogP contribution >= 0.6 is 0 Å². The van der Waals surface area contributed by atoms with E-state index in [1.807, 2.05) is 6.21 Å². The van der Waals surface area contributed by atoms with Crippen LogP contribution in [0.3, 0.4) is 0 Å². The molecule has 1 aliphatic heterocycles.